The first-order valence-electron chi connectivity index (χ1n) is 5.13. The summed E-state index contributed by atoms with van der Waals surface area (Å²) in [7, 11) is 1.96. The third kappa shape index (κ3) is 3.23. The predicted molar refractivity (Wildman–Crippen MR) is 60.9 cm³/mol. The molecule has 0 radical (unpaired) electrons. The SMILES string of the molecule is CCCCN(C)c1cccc(C(N)=O)n1. The number of carbonyl (C=O) groups is 1. The molecule has 4 heteroatoms. The van der Waals surface area contributed by atoms with Gasteiger partial charge in [0, 0.05) is 13.6 Å². The van der Waals surface area contributed by atoms with Crippen LogP contribution in [0.2, 0.25) is 0 Å². The highest BCUT2D eigenvalue weighted by atomic mass is 16.1. The van der Waals surface area contributed by atoms with Crippen molar-refractivity contribution in [2.45, 2.75) is 19.8 Å². The molecule has 0 bridgehead atoms. The number of anilines is 1. The van der Waals surface area contributed by atoms with Crippen molar-refractivity contribution in [1.82, 2.24) is 4.98 Å². The molecule has 1 aromatic rings. The minimum atomic E-state index is -0.485. The summed E-state index contributed by atoms with van der Waals surface area (Å²) in [5.74, 6) is 0.306. The number of amides is 1. The second kappa shape index (κ2) is 5.34. The van der Waals surface area contributed by atoms with E-state index in [9.17, 15) is 4.79 Å². The summed E-state index contributed by atoms with van der Waals surface area (Å²) in [5, 5.41) is 0. The Labute approximate surface area is 90.1 Å². The topological polar surface area (TPSA) is 59.2 Å². The normalized spacial score (nSPS) is 10.0. The Kier molecular flexibility index (Phi) is 4.09. The maximum Gasteiger partial charge on any atom is 0.267 e. The van der Waals surface area contributed by atoms with Crippen molar-refractivity contribution in [3.63, 3.8) is 0 Å². The molecular weight excluding hydrogens is 190 g/mol. The summed E-state index contributed by atoms with van der Waals surface area (Å²) in [6.45, 7) is 3.08. The summed E-state index contributed by atoms with van der Waals surface area (Å²) in [4.78, 5) is 17.1. The van der Waals surface area contributed by atoms with Crippen LogP contribution in [0.25, 0.3) is 0 Å². The van der Waals surface area contributed by atoms with Crippen LogP contribution in [-0.4, -0.2) is 24.5 Å². The van der Waals surface area contributed by atoms with Gasteiger partial charge in [0.1, 0.15) is 11.5 Å². The number of hydrogen-bond acceptors (Lipinski definition) is 3. The maximum atomic E-state index is 10.9. The number of rotatable bonds is 5. The molecule has 0 unspecified atom stereocenters. The number of carbonyl (C=O) groups excluding carboxylic acids is 1. The largest absolute Gasteiger partial charge is 0.364 e. The van der Waals surface area contributed by atoms with Crippen molar-refractivity contribution >= 4 is 11.7 Å². The minimum Gasteiger partial charge on any atom is -0.364 e. The summed E-state index contributed by atoms with van der Waals surface area (Å²) < 4.78 is 0. The van der Waals surface area contributed by atoms with Crippen molar-refractivity contribution in [2.24, 2.45) is 5.73 Å². The molecule has 1 amide bonds. The van der Waals surface area contributed by atoms with Crippen LogP contribution in [0.5, 0.6) is 0 Å². The Bertz CT molecular complexity index is 338. The van der Waals surface area contributed by atoms with E-state index in [1.54, 1.807) is 12.1 Å². The van der Waals surface area contributed by atoms with Crippen LogP contribution in [0.1, 0.15) is 30.3 Å². The van der Waals surface area contributed by atoms with Gasteiger partial charge in [-0.3, -0.25) is 4.79 Å². The highest BCUT2D eigenvalue weighted by molar-refractivity contribution is 5.91. The van der Waals surface area contributed by atoms with Gasteiger partial charge in [-0.2, -0.15) is 0 Å². The Morgan fingerprint density at radius 1 is 1.53 bits per heavy atom. The van der Waals surface area contributed by atoms with Gasteiger partial charge in [0.15, 0.2) is 0 Å². The van der Waals surface area contributed by atoms with Crippen molar-refractivity contribution in [3.8, 4) is 0 Å². The molecule has 0 aromatic carbocycles. The third-order valence-corrected chi connectivity index (χ3v) is 2.23. The molecule has 1 rings (SSSR count). The first-order valence-corrected chi connectivity index (χ1v) is 5.13. The molecule has 0 atom stereocenters. The number of unbranched alkanes of at least 4 members (excludes halogenated alkanes) is 1. The molecule has 4 nitrogen and oxygen atoms in total. The van der Waals surface area contributed by atoms with Crippen molar-refractivity contribution in [3.05, 3.63) is 23.9 Å². The van der Waals surface area contributed by atoms with Gasteiger partial charge in [-0.15, -0.1) is 0 Å². The highest BCUT2D eigenvalue weighted by Crippen LogP contribution is 2.10. The fourth-order valence-electron chi connectivity index (χ4n) is 1.28. The van der Waals surface area contributed by atoms with Crippen LogP contribution < -0.4 is 10.6 Å². The van der Waals surface area contributed by atoms with E-state index in [1.807, 2.05) is 18.0 Å². The molecule has 0 aliphatic heterocycles. The van der Waals surface area contributed by atoms with Crippen LogP contribution in [0.4, 0.5) is 5.82 Å². The van der Waals surface area contributed by atoms with Crippen LogP contribution >= 0.6 is 0 Å². The first-order chi connectivity index (χ1) is 7.15. The molecule has 0 aliphatic rings. The zero-order valence-electron chi connectivity index (χ0n) is 9.23. The summed E-state index contributed by atoms with van der Waals surface area (Å²) >= 11 is 0. The molecule has 0 spiro atoms. The van der Waals surface area contributed by atoms with Gasteiger partial charge in [-0.25, -0.2) is 4.98 Å². The van der Waals surface area contributed by atoms with Crippen molar-refractivity contribution < 1.29 is 4.79 Å². The van der Waals surface area contributed by atoms with Crippen molar-refractivity contribution in [2.75, 3.05) is 18.5 Å². The number of hydrogen-bond donors (Lipinski definition) is 1. The van der Waals surface area contributed by atoms with Gasteiger partial charge in [-0.1, -0.05) is 19.4 Å². The predicted octanol–water partition coefficient (Wildman–Crippen LogP) is 1.42. The van der Waals surface area contributed by atoms with Gasteiger partial charge in [0.2, 0.25) is 0 Å². The molecule has 15 heavy (non-hydrogen) atoms. The average Bonchev–Trinajstić information content (AvgIpc) is 2.26. The standard InChI is InChI=1S/C11H17N3O/c1-3-4-8-14(2)10-7-5-6-9(13-10)11(12)15/h5-7H,3-4,8H2,1-2H3,(H2,12,15). The van der Waals surface area contributed by atoms with Gasteiger partial charge < -0.3 is 10.6 Å². The van der Waals surface area contributed by atoms with Crippen LogP contribution in [0, 0.1) is 0 Å². The summed E-state index contributed by atoms with van der Waals surface area (Å²) in [6, 6.07) is 5.30. The zero-order chi connectivity index (χ0) is 11.3. The molecule has 0 saturated heterocycles. The van der Waals surface area contributed by atoms with E-state index < -0.39 is 5.91 Å². The Morgan fingerprint density at radius 3 is 2.87 bits per heavy atom. The van der Waals surface area contributed by atoms with E-state index in [-0.39, 0.29) is 0 Å². The van der Waals surface area contributed by atoms with E-state index in [0.29, 0.717) is 5.69 Å². The Balaban J connectivity index is 2.76. The second-order valence-electron chi connectivity index (χ2n) is 3.52. The first kappa shape index (κ1) is 11.5. The maximum absolute atomic E-state index is 10.9. The smallest absolute Gasteiger partial charge is 0.267 e. The Morgan fingerprint density at radius 2 is 2.27 bits per heavy atom. The van der Waals surface area contributed by atoms with E-state index in [1.165, 1.54) is 0 Å². The second-order valence-corrected chi connectivity index (χ2v) is 3.52. The highest BCUT2D eigenvalue weighted by Gasteiger charge is 2.05. The molecule has 0 fully saturated rings. The van der Waals surface area contributed by atoms with Crippen LogP contribution in [0.15, 0.2) is 18.2 Å². The zero-order valence-corrected chi connectivity index (χ0v) is 9.23. The Hall–Kier alpha value is -1.58. The van der Waals surface area contributed by atoms with Crippen molar-refractivity contribution in [1.29, 1.82) is 0 Å². The lowest BCUT2D eigenvalue weighted by atomic mass is 10.3. The summed E-state index contributed by atoms with van der Waals surface area (Å²) in [5.41, 5.74) is 5.48. The van der Waals surface area contributed by atoms with E-state index >= 15 is 0 Å². The monoisotopic (exact) mass is 207 g/mol. The molecule has 1 aromatic heterocycles. The number of nitrogens with two attached hydrogens (primary N) is 1. The number of primary amides is 1. The van der Waals surface area contributed by atoms with Crippen LogP contribution in [0.3, 0.4) is 0 Å². The number of aromatic nitrogens is 1. The molecule has 0 aliphatic carbocycles. The van der Waals surface area contributed by atoms with E-state index in [4.69, 9.17) is 5.73 Å². The van der Waals surface area contributed by atoms with Gasteiger partial charge >= 0.3 is 0 Å². The third-order valence-electron chi connectivity index (χ3n) is 2.23. The van der Waals surface area contributed by atoms with Gasteiger partial charge in [-0.05, 0) is 18.6 Å². The lowest BCUT2D eigenvalue weighted by molar-refractivity contribution is 0.0995. The van der Waals surface area contributed by atoms with Gasteiger partial charge in [0.05, 0.1) is 0 Å². The minimum absolute atomic E-state index is 0.316. The fourth-order valence-corrected chi connectivity index (χ4v) is 1.28. The molecule has 0 saturated carbocycles. The molecule has 82 valence electrons. The molecular formula is C11H17N3O. The van der Waals surface area contributed by atoms with Gasteiger partial charge in [0.25, 0.3) is 5.91 Å². The number of pyridine rings is 1. The number of nitrogens with zero attached hydrogens (tertiary/aromatic N) is 2. The quantitative estimate of drug-likeness (QED) is 0.794. The lowest BCUT2D eigenvalue weighted by Crippen LogP contribution is -2.21. The molecule has 1 heterocycles. The van der Waals surface area contributed by atoms with E-state index in [2.05, 4.69) is 11.9 Å². The lowest BCUT2D eigenvalue weighted by Gasteiger charge is -2.17. The fraction of sp³-hybridized carbons (Fsp3) is 0.455. The van der Waals surface area contributed by atoms with E-state index in [0.717, 1.165) is 25.2 Å². The molecule has 2 N–H and O–H groups in total. The average molecular weight is 207 g/mol. The summed E-state index contributed by atoms with van der Waals surface area (Å²) in [6.07, 6.45) is 2.25. The van der Waals surface area contributed by atoms with Crippen LogP contribution in [-0.2, 0) is 0 Å².